The Morgan fingerprint density at radius 3 is 2.57 bits per heavy atom. The molecule has 0 spiro atoms. The molecule has 2 amide bonds. The topological polar surface area (TPSA) is 32.3 Å². The largest absolute Gasteiger partial charge is 0.325 e. The average molecular weight is 300 g/mol. The van der Waals surface area contributed by atoms with E-state index in [1.807, 2.05) is 46.6 Å². The summed E-state index contributed by atoms with van der Waals surface area (Å²) in [5.74, 6) is 0.712. The molecule has 1 N–H and O–H groups in total. The highest BCUT2D eigenvalue weighted by molar-refractivity contribution is 7.09. The van der Waals surface area contributed by atoms with Crippen molar-refractivity contribution in [2.75, 3.05) is 18.4 Å². The van der Waals surface area contributed by atoms with Crippen LogP contribution in [-0.2, 0) is 6.42 Å². The van der Waals surface area contributed by atoms with Gasteiger partial charge in [-0.2, -0.15) is 0 Å². The number of rotatable bonds is 3. The van der Waals surface area contributed by atoms with Crippen LogP contribution < -0.4 is 5.32 Å². The van der Waals surface area contributed by atoms with Crippen molar-refractivity contribution in [3.8, 4) is 0 Å². The summed E-state index contributed by atoms with van der Waals surface area (Å²) in [5.41, 5.74) is 0.864. The Labute approximate surface area is 129 Å². The Hall–Kier alpha value is -1.81. The van der Waals surface area contributed by atoms with Gasteiger partial charge in [-0.1, -0.05) is 24.3 Å². The Balaban J connectivity index is 1.48. The zero-order valence-corrected chi connectivity index (χ0v) is 12.8. The molecule has 1 aromatic carbocycles. The van der Waals surface area contributed by atoms with Gasteiger partial charge in [-0.05, 0) is 48.8 Å². The van der Waals surface area contributed by atoms with Crippen LogP contribution in [-0.4, -0.2) is 24.0 Å². The summed E-state index contributed by atoms with van der Waals surface area (Å²) in [6, 6.07) is 14.0. The van der Waals surface area contributed by atoms with Gasteiger partial charge in [-0.3, -0.25) is 0 Å². The number of carbonyl (C=O) groups excluding carboxylic acids is 1. The summed E-state index contributed by atoms with van der Waals surface area (Å²) in [6.45, 7) is 1.71. The molecule has 1 aliphatic heterocycles. The first-order valence-corrected chi connectivity index (χ1v) is 8.32. The van der Waals surface area contributed by atoms with Gasteiger partial charge in [0.1, 0.15) is 0 Å². The standard InChI is InChI=1S/C17H20N2OS/c20-17(18-15-5-2-1-3-6-15)19-10-8-14(9-11-19)13-16-7-4-12-21-16/h1-7,12,14H,8-11,13H2,(H,18,20). The molecule has 4 heteroatoms. The third-order valence-electron chi connectivity index (χ3n) is 4.00. The first kappa shape index (κ1) is 14.1. The number of thiophene rings is 1. The lowest BCUT2D eigenvalue weighted by molar-refractivity contribution is 0.182. The fourth-order valence-corrected chi connectivity index (χ4v) is 3.60. The molecule has 1 aromatic heterocycles. The van der Waals surface area contributed by atoms with Gasteiger partial charge in [0, 0.05) is 23.7 Å². The number of urea groups is 1. The molecule has 0 bridgehead atoms. The van der Waals surface area contributed by atoms with Crippen LogP contribution in [0.3, 0.4) is 0 Å². The molecule has 2 heterocycles. The maximum atomic E-state index is 12.2. The van der Waals surface area contributed by atoms with E-state index in [0.717, 1.165) is 38.0 Å². The second-order valence-corrected chi connectivity index (χ2v) is 6.54. The predicted molar refractivity (Wildman–Crippen MR) is 87.8 cm³/mol. The molecular formula is C17H20N2OS. The van der Waals surface area contributed by atoms with Gasteiger partial charge >= 0.3 is 6.03 Å². The number of nitrogens with one attached hydrogen (secondary N) is 1. The van der Waals surface area contributed by atoms with Crippen molar-refractivity contribution in [3.63, 3.8) is 0 Å². The van der Waals surface area contributed by atoms with Crippen molar-refractivity contribution in [3.05, 3.63) is 52.7 Å². The molecule has 0 aliphatic carbocycles. The van der Waals surface area contributed by atoms with E-state index in [4.69, 9.17) is 0 Å². The van der Waals surface area contributed by atoms with Crippen LogP contribution in [0.2, 0.25) is 0 Å². The Morgan fingerprint density at radius 2 is 1.90 bits per heavy atom. The zero-order chi connectivity index (χ0) is 14.5. The molecule has 1 aliphatic rings. The Bertz CT molecular complexity index is 560. The minimum atomic E-state index is 0.0239. The summed E-state index contributed by atoms with van der Waals surface area (Å²) in [6.07, 6.45) is 3.35. The molecule has 0 unspecified atom stereocenters. The number of benzene rings is 1. The molecule has 0 radical (unpaired) electrons. The number of carbonyl (C=O) groups is 1. The van der Waals surface area contributed by atoms with Gasteiger partial charge in [0.2, 0.25) is 0 Å². The summed E-state index contributed by atoms with van der Waals surface area (Å²) in [5, 5.41) is 5.10. The van der Waals surface area contributed by atoms with Crippen molar-refractivity contribution in [2.24, 2.45) is 5.92 Å². The molecule has 0 atom stereocenters. The number of hydrogen-bond acceptors (Lipinski definition) is 2. The molecule has 1 saturated heterocycles. The molecule has 3 rings (SSSR count). The molecule has 110 valence electrons. The Morgan fingerprint density at radius 1 is 1.14 bits per heavy atom. The van der Waals surface area contributed by atoms with E-state index >= 15 is 0 Å². The maximum Gasteiger partial charge on any atom is 0.321 e. The second-order valence-electron chi connectivity index (χ2n) is 5.51. The normalized spacial score (nSPS) is 15.9. The number of para-hydroxylation sites is 1. The highest BCUT2D eigenvalue weighted by Crippen LogP contribution is 2.24. The molecule has 3 nitrogen and oxygen atoms in total. The molecule has 0 saturated carbocycles. The first-order chi connectivity index (χ1) is 10.3. The summed E-state index contributed by atoms with van der Waals surface area (Å²) < 4.78 is 0. The van der Waals surface area contributed by atoms with Crippen LogP contribution >= 0.6 is 11.3 Å². The van der Waals surface area contributed by atoms with Gasteiger partial charge in [-0.15, -0.1) is 11.3 Å². The first-order valence-electron chi connectivity index (χ1n) is 7.44. The lowest BCUT2D eigenvalue weighted by Crippen LogP contribution is -2.41. The van der Waals surface area contributed by atoms with Crippen molar-refractivity contribution in [2.45, 2.75) is 19.3 Å². The second kappa shape index (κ2) is 6.76. The van der Waals surface area contributed by atoms with Crippen LogP contribution in [0, 0.1) is 5.92 Å². The van der Waals surface area contributed by atoms with Crippen molar-refractivity contribution in [1.29, 1.82) is 0 Å². The quantitative estimate of drug-likeness (QED) is 0.903. The van der Waals surface area contributed by atoms with Gasteiger partial charge in [0.15, 0.2) is 0 Å². The molecule has 1 fully saturated rings. The fourth-order valence-electron chi connectivity index (χ4n) is 2.78. The number of hydrogen-bond donors (Lipinski definition) is 1. The maximum absolute atomic E-state index is 12.2. The monoisotopic (exact) mass is 300 g/mol. The third kappa shape index (κ3) is 3.85. The molecule has 21 heavy (non-hydrogen) atoms. The van der Waals surface area contributed by atoms with E-state index in [0.29, 0.717) is 5.92 Å². The highest BCUT2D eigenvalue weighted by atomic mass is 32.1. The van der Waals surface area contributed by atoms with Crippen LogP contribution in [0.25, 0.3) is 0 Å². The van der Waals surface area contributed by atoms with Crippen molar-refractivity contribution in [1.82, 2.24) is 4.90 Å². The lowest BCUT2D eigenvalue weighted by atomic mass is 9.93. The van der Waals surface area contributed by atoms with Gasteiger partial charge in [0.25, 0.3) is 0 Å². The van der Waals surface area contributed by atoms with E-state index in [-0.39, 0.29) is 6.03 Å². The third-order valence-corrected chi connectivity index (χ3v) is 4.90. The van der Waals surface area contributed by atoms with Gasteiger partial charge < -0.3 is 10.2 Å². The van der Waals surface area contributed by atoms with E-state index in [2.05, 4.69) is 22.8 Å². The molecule has 2 aromatic rings. The highest BCUT2D eigenvalue weighted by Gasteiger charge is 2.23. The predicted octanol–water partition coefficient (Wildman–Crippen LogP) is 4.23. The van der Waals surface area contributed by atoms with Crippen molar-refractivity contribution < 1.29 is 4.79 Å². The number of likely N-dealkylation sites (tertiary alicyclic amines) is 1. The zero-order valence-electron chi connectivity index (χ0n) is 12.0. The fraction of sp³-hybridized carbons (Fsp3) is 0.353. The number of nitrogens with zero attached hydrogens (tertiary/aromatic N) is 1. The van der Waals surface area contributed by atoms with E-state index < -0.39 is 0 Å². The van der Waals surface area contributed by atoms with Crippen LogP contribution in [0.15, 0.2) is 47.8 Å². The lowest BCUT2D eigenvalue weighted by Gasteiger charge is -2.31. The smallest absolute Gasteiger partial charge is 0.321 e. The van der Waals surface area contributed by atoms with E-state index in [1.165, 1.54) is 4.88 Å². The van der Waals surface area contributed by atoms with Crippen LogP contribution in [0.1, 0.15) is 17.7 Å². The SMILES string of the molecule is O=C(Nc1ccccc1)N1CCC(Cc2cccs2)CC1. The summed E-state index contributed by atoms with van der Waals surface area (Å²) in [7, 11) is 0. The molecular weight excluding hydrogens is 280 g/mol. The van der Waals surface area contributed by atoms with E-state index in [9.17, 15) is 4.79 Å². The number of piperidine rings is 1. The van der Waals surface area contributed by atoms with E-state index in [1.54, 1.807) is 0 Å². The number of anilines is 1. The van der Waals surface area contributed by atoms with Crippen LogP contribution in [0.4, 0.5) is 10.5 Å². The summed E-state index contributed by atoms with van der Waals surface area (Å²) in [4.78, 5) is 15.6. The van der Waals surface area contributed by atoms with Crippen molar-refractivity contribution >= 4 is 23.1 Å². The van der Waals surface area contributed by atoms with Crippen LogP contribution in [0.5, 0.6) is 0 Å². The minimum Gasteiger partial charge on any atom is -0.325 e. The van der Waals surface area contributed by atoms with Gasteiger partial charge in [-0.25, -0.2) is 4.79 Å². The average Bonchev–Trinajstić information content (AvgIpc) is 3.02. The number of amides is 2. The Kier molecular flexibility index (Phi) is 4.55. The summed E-state index contributed by atoms with van der Waals surface area (Å²) >= 11 is 1.83. The minimum absolute atomic E-state index is 0.0239. The van der Waals surface area contributed by atoms with Gasteiger partial charge in [0.05, 0.1) is 0 Å².